The summed E-state index contributed by atoms with van der Waals surface area (Å²) < 4.78 is 10.4. The number of ether oxygens (including phenoxy) is 2. The highest BCUT2D eigenvalue weighted by Crippen LogP contribution is 2.24. The summed E-state index contributed by atoms with van der Waals surface area (Å²) >= 11 is 0. The van der Waals surface area contributed by atoms with Gasteiger partial charge in [0, 0.05) is 17.7 Å². The van der Waals surface area contributed by atoms with E-state index in [4.69, 9.17) is 9.47 Å². The molecular weight excluding hydrogens is 382 g/mol. The predicted molar refractivity (Wildman–Crippen MR) is 116 cm³/mol. The van der Waals surface area contributed by atoms with Gasteiger partial charge in [-0.05, 0) is 53.8 Å². The molecule has 2 aromatic rings. The topological polar surface area (TPSA) is 81.7 Å². The minimum absolute atomic E-state index is 0.0388. The molecule has 0 aromatic heterocycles. The van der Waals surface area contributed by atoms with Crippen LogP contribution >= 0.6 is 0 Å². The summed E-state index contributed by atoms with van der Waals surface area (Å²) in [5, 5.41) is 2.75. The summed E-state index contributed by atoms with van der Waals surface area (Å²) in [6, 6.07) is 14.0. The van der Waals surface area contributed by atoms with Gasteiger partial charge in [0.1, 0.15) is 5.75 Å². The zero-order valence-electron chi connectivity index (χ0n) is 18.0. The largest absolute Gasteiger partial charge is 0.482 e. The first-order chi connectivity index (χ1) is 14.2. The zero-order valence-corrected chi connectivity index (χ0v) is 18.0. The standard InChI is InChI=1S/C24H29NO5/c1-5-6-22(27)25-19-11-7-17(8-12-19)21(26)15-30-23(28)16-29-20-13-9-18(10-14-20)24(2,3)4/h7-14H,5-6,15-16H2,1-4H3,(H,25,27). The predicted octanol–water partition coefficient (Wildman–Crippen LogP) is 4.53. The summed E-state index contributed by atoms with van der Waals surface area (Å²) in [4.78, 5) is 35.6. The maximum atomic E-state index is 12.2. The monoisotopic (exact) mass is 411 g/mol. The van der Waals surface area contributed by atoms with Crippen LogP contribution in [-0.2, 0) is 19.7 Å². The fraction of sp³-hybridized carbons (Fsp3) is 0.375. The summed E-state index contributed by atoms with van der Waals surface area (Å²) in [6.07, 6.45) is 1.21. The molecule has 0 unspecified atom stereocenters. The molecule has 0 aliphatic carbocycles. The Labute approximate surface area is 177 Å². The third-order valence-electron chi connectivity index (χ3n) is 4.41. The first kappa shape index (κ1) is 23.1. The van der Waals surface area contributed by atoms with Crippen LogP contribution in [0.4, 0.5) is 5.69 Å². The first-order valence-electron chi connectivity index (χ1n) is 10.0. The smallest absolute Gasteiger partial charge is 0.344 e. The zero-order chi connectivity index (χ0) is 22.1. The molecular formula is C24H29NO5. The van der Waals surface area contributed by atoms with Gasteiger partial charge >= 0.3 is 5.97 Å². The normalized spacial score (nSPS) is 10.9. The molecule has 0 heterocycles. The van der Waals surface area contributed by atoms with E-state index in [9.17, 15) is 14.4 Å². The van der Waals surface area contributed by atoms with Crippen molar-refractivity contribution in [2.45, 2.75) is 46.0 Å². The molecule has 30 heavy (non-hydrogen) atoms. The Bertz CT molecular complexity index is 864. The number of Topliss-reactive ketones (excluding diaryl/α,β-unsaturated/α-hetero) is 1. The first-order valence-corrected chi connectivity index (χ1v) is 10.0. The van der Waals surface area contributed by atoms with Gasteiger partial charge in [0.15, 0.2) is 19.0 Å². The number of hydrogen-bond donors (Lipinski definition) is 1. The van der Waals surface area contributed by atoms with Crippen molar-refractivity contribution >= 4 is 23.3 Å². The van der Waals surface area contributed by atoms with E-state index in [0.717, 1.165) is 6.42 Å². The van der Waals surface area contributed by atoms with Crippen molar-refractivity contribution in [2.24, 2.45) is 0 Å². The van der Waals surface area contributed by atoms with E-state index in [-0.39, 0.29) is 30.3 Å². The van der Waals surface area contributed by atoms with Gasteiger partial charge in [0.25, 0.3) is 0 Å². The minimum atomic E-state index is -0.619. The van der Waals surface area contributed by atoms with Crippen molar-refractivity contribution in [1.29, 1.82) is 0 Å². The van der Waals surface area contributed by atoms with Crippen LogP contribution < -0.4 is 10.1 Å². The number of ketones is 1. The van der Waals surface area contributed by atoms with Gasteiger partial charge in [-0.25, -0.2) is 4.79 Å². The SMILES string of the molecule is CCCC(=O)Nc1ccc(C(=O)COC(=O)COc2ccc(C(C)(C)C)cc2)cc1. The van der Waals surface area contributed by atoms with Crippen LogP contribution in [0, 0.1) is 0 Å². The Morgan fingerprint density at radius 3 is 2.10 bits per heavy atom. The Kier molecular flexibility index (Phi) is 8.16. The van der Waals surface area contributed by atoms with Crippen molar-refractivity contribution < 1.29 is 23.9 Å². The second-order valence-electron chi connectivity index (χ2n) is 8.02. The third-order valence-corrected chi connectivity index (χ3v) is 4.41. The maximum absolute atomic E-state index is 12.2. The molecule has 0 bridgehead atoms. The average molecular weight is 411 g/mol. The van der Waals surface area contributed by atoms with E-state index < -0.39 is 5.97 Å². The van der Waals surface area contributed by atoms with E-state index in [1.807, 2.05) is 19.1 Å². The van der Waals surface area contributed by atoms with Gasteiger partial charge in [0.05, 0.1) is 0 Å². The molecule has 1 N–H and O–H groups in total. The van der Waals surface area contributed by atoms with Crippen LogP contribution in [0.1, 0.15) is 56.5 Å². The van der Waals surface area contributed by atoms with Crippen LogP contribution in [-0.4, -0.2) is 30.9 Å². The van der Waals surface area contributed by atoms with Crippen molar-refractivity contribution in [3.05, 3.63) is 59.7 Å². The quantitative estimate of drug-likeness (QED) is 0.484. The van der Waals surface area contributed by atoms with Gasteiger partial charge < -0.3 is 14.8 Å². The highest BCUT2D eigenvalue weighted by Gasteiger charge is 2.14. The molecule has 6 heteroatoms. The fourth-order valence-electron chi connectivity index (χ4n) is 2.65. The number of amides is 1. The lowest BCUT2D eigenvalue weighted by atomic mass is 9.87. The van der Waals surface area contributed by atoms with Gasteiger partial charge in [-0.1, -0.05) is 39.8 Å². The van der Waals surface area contributed by atoms with Gasteiger partial charge in [-0.2, -0.15) is 0 Å². The lowest BCUT2D eigenvalue weighted by Gasteiger charge is -2.19. The molecule has 0 aliphatic rings. The summed E-state index contributed by atoms with van der Waals surface area (Å²) in [6.45, 7) is 7.64. The Morgan fingerprint density at radius 1 is 0.900 bits per heavy atom. The number of nitrogens with one attached hydrogen (secondary N) is 1. The van der Waals surface area contributed by atoms with E-state index >= 15 is 0 Å². The molecule has 0 saturated heterocycles. The highest BCUT2D eigenvalue weighted by atomic mass is 16.6. The highest BCUT2D eigenvalue weighted by molar-refractivity contribution is 5.98. The summed E-state index contributed by atoms with van der Waals surface area (Å²) in [5.74, 6) is -0.457. The number of carbonyl (C=O) groups is 3. The van der Waals surface area contributed by atoms with E-state index in [0.29, 0.717) is 23.4 Å². The summed E-state index contributed by atoms with van der Waals surface area (Å²) in [7, 11) is 0. The van der Waals surface area contributed by atoms with Crippen molar-refractivity contribution in [2.75, 3.05) is 18.5 Å². The lowest BCUT2D eigenvalue weighted by Crippen LogP contribution is -2.19. The lowest BCUT2D eigenvalue weighted by molar-refractivity contribution is -0.144. The number of carbonyl (C=O) groups excluding carboxylic acids is 3. The molecule has 0 atom stereocenters. The molecule has 0 radical (unpaired) electrons. The Morgan fingerprint density at radius 2 is 1.53 bits per heavy atom. The average Bonchev–Trinajstić information content (AvgIpc) is 2.71. The van der Waals surface area contributed by atoms with Crippen LogP contribution in [0.25, 0.3) is 0 Å². The fourth-order valence-corrected chi connectivity index (χ4v) is 2.65. The molecule has 2 rings (SSSR count). The number of hydrogen-bond acceptors (Lipinski definition) is 5. The van der Waals surface area contributed by atoms with Gasteiger partial charge in [0.2, 0.25) is 5.91 Å². The number of benzene rings is 2. The molecule has 0 fully saturated rings. The Balaban J connectivity index is 1.77. The molecule has 1 amide bonds. The van der Waals surface area contributed by atoms with Crippen molar-refractivity contribution in [3.63, 3.8) is 0 Å². The number of esters is 1. The van der Waals surface area contributed by atoms with Crippen LogP contribution in [0.15, 0.2) is 48.5 Å². The summed E-state index contributed by atoms with van der Waals surface area (Å²) in [5.41, 5.74) is 2.22. The molecule has 160 valence electrons. The molecule has 2 aromatic carbocycles. The second kappa shape index (κ2) is 10.6. The maximum Gasteiger partial charge on any atom is 0.344 e. The molecule has 0 spiro atoms. The van der Waals surface area contributed by atoms with Crippen LogP contribution in [0.3, 0.4) is 0 Å². The minimum Gasteiger partial charge on any atom is -0.482 e. The number of rotatable bonds is 9. The molecule has 6 nitrogen and oxygen atoms in total. The van der Waals surface area contributed by atoms with Gasteiger partial charge in [-0.3, -0.25) is 9.59 Å². The number of anilines is 1. The van der Waals surface area contributed by atoms with Crippen LogP contribution in [0.5, 0.6) is 5.75 Å². The van der Waals surface area contributed by atoms with E-state index in [2.05, 4.69) is 26.1 Å². The molecule has 0 aliphatic heterocycles. The third kappa shape index (κ3) is 7.35. The molecule has 0 saturated carbocycles. The van der Waals surface area contributed by atoms with Crippen LogP contribution in [0.2, 0.25) is 0 Å². The van der Waals surface area contributed by atoms with Crippen molar-refractivity contribution in [3.8, 4) is 5.75 Å². The second-order valence-corrected chi connectivity index (χ2v) is 8.02. The Hall–Kier alpha value is -3.15. The van der Waals surface area contributed by atoms with Gasteiger partial charge in [-0.15, -0.1) is 0 Å². The van der Waals surface area contributed by atoms with E-state index in [1.54, 1.807) is 36.4 Å². The van der Waals surface area contributed by atoms with Crippen molar-refractivity contribution in [1.82, 2.24) is 0 Å². The van der Waals surface area contributed by atoms with E-state index in [1.165, 1.54) is 5.56 Å².